The van der Waals surface area contributed by atoms with Crippen molar-refractivity contribution in [1.29, 1.82) is 0 Å². The number of nitrogens with zero attached hydrogens (tertiary/aromatic N) is 5. The van der Waals surface area contributed by atoms with Crippen LogP contribution in [0.15, 0.2) is 48.5 Å². The summed E-state index contributed by atoms with van der Waals surface area (Å²) in [6.07, 6.45) is 1.30. The van der Waals surface area contributed by atoms with Gasteiger partial charge in [-0.15, -0.1) is 5.10 Å². The zero-order valence-corrected chi connectivity index (χ0v) is 17.6. The molecule has 0 spiro atoms. The van der Waals surface area contributed by atoms with Gasteiger partial charge in [0.1, 0.15) is 11.8 Å². The van der Waals surface area contributed by atoms with Crippen LogP contribution in [0, 0.1) is 0 Å². The van der Waals surface area contributed by atoms with Crippen molar-refractivity contribution in [2.75, 3.05) is 13.7 Å². The number of halogens is 1. The van der Waals surface area contributed by atoms with Crippen molar-refractivity contribution in [1.82, 2.24) is 30.4 Å². The molecule has 0 radical (unpaired) electrons. The van der Waals surface area contributed by atoms with Gasteiger partial charge in [0.05, 0.1) is 24.9 Å². The second-order valence-electron chi connectivity index (χ2n) is 7.06. The van der Waals surface area contributed by atoms with E-state index in [1.807, 2.05) is 30.3 Å². The minimum atomic E-state index is -0.586. The highest BCUT2D eigenvalue weighted by atomic mass is 35.5. The highest BCUT2D eigenvalue weighted by molar-refractivity contribution is 6.31. The third-order valence-corrected chi connectivity index (χ3v) is 5.40. The molecule has 2 heterocycles. The van der Waals surface area contributed by atoms with E-state index in [0.29, 0.717) is 35.1 Å². The summed E-state index contributed by atoms with van der Waals surface area (Å²) in [6.45, 7) is 0.619. The number of rotatable bonds is 6. The first-order valence-electron chi connectivity index (χ1n) is 9.83. The van der Waals surface area contributed by atoms with Crippen LogP contribution in [0.5, 0.6) is 5.75 Å². The molecule has 160 valence electrons. The van der Waals surface area contributed by atoms with E-state index in [-0.39, 0.29) is 18.4 Å². The van der Waals surface area contributed by atoms with Crippen LogP contribution in [0.3, 0.4) is 0 Å². The number of amides is 2. The van der Waals surface area contributed by atoms with Gasteiger partial charge in [0.25, 0.3) is 5.91 Å². The minimum absolute atomic E-state index is 0.139. The van der Waals surface area contributed by atoms with Gasteiger partial charge in [-0.25, -0.2) is 0 Å². The molecule has 31 heavy (non-hydrogen) atoms. The zero-order chi connectivity index (χ0) is 21.8. The fourth-order valence-electron chi connectivity index (χ4n) is 3.65. The summed E-state index contributed by atoms with van der Waals surface area (Å²) in [5, 5.41) is 15.0. The quantitative estimate of drug-likeness (QED) is 0.630. The van der Waals surface area contributed by atoms with Crippen molar-refractivity contribution in [3.63, 3.8) is 0 Å². The van der Waals surface area contributed by atoms with Crippen LogP contribution in [-0.2, 0) is 11.3 Å². The smallest absolute Gasteiger partial charge is 0.258 e. The summed E-state index contributed by atoms with van der Waals surface area (Å²) < 4.78 is 6.86. The monoisotopic (exact) mass is 440 g/mol. The summed E-state index contributed by atoms with van der Waals surface area (Å²) in [6, 6.07) is 13.7. The Labute approximate surface area is 183 Å². The molecule has 0 bridgehead atoms. The number of carbonyl (C=O) groups excluding carboxylic acids is 2. The molecule has 1 aliphatic rings. The molecule has 1 unspecified atom stereocenters. The Hall–Kier alpha value is -3.46. The minimum Gasteiger partial charge on any atom is -0.496 e. The van der Waals surface area contributed by atoms with Crippen molar-refractivity contribution in [2.24, 2.45) is 0 Å². The van der Waals surface area contributed by atoms with E-state index < -0.39 is 6.04 Å². The van der Waals surface area contributed by atoms with Crippen molar-refractivity contribution in [2.45, 2.75) is 25.4 Å². The van der Waals surface area contributed by atoms with E-state index in [4.69, 9.17) is 16.3 Å². The molecule has 2 amide bonds. The Balaban J connectivity index is 1.47. The molecule has 2 aromatic carbocycles. The largest absolute Gasteiger partial charge is 0.496 e. The average Bonchev–Trinajstić information content (AvgIpc) is 3.47. The van der Waals surface area contributed by atoms with Crippen LogP contribution in [0.4, 0.5) is 0 Å². The number of benzene rings is 2. The molecule has 1 N–H and O–H groups in total. The molecule has 3 aromatic rings. The Morgan fingerprint density at radius 1 is 1.23 bits per heavy atom. The normalized spacial score (nSPS) is 15.7. The summed E-state index contributed by atoms with van der Waals surface area (Å²) >= 11 is 6.07. The first-order valence-corrected chi connectivity index (χ1v) is 10.2. The van der Waals surface area contributed by atoms with Crippen molar-refractivity contribution >= 4 is 23.4 Å². The molecule has 0 saturated carbocycles. The number of hydrogen-bond acceptors (Lipinski definition) is 6. The molecule has 1 aromatic heterocycles. The highest BCUT2D eigenvalue weighted by Gasteiger charge is 2.35. The van der Waals surface area contributed by atoms with Gasteiger partial charge in [-0.2, -0.15) is 4.68 Å². The lowest BCUT2D eigenvalue weighted by Gasteiger charge is -2.24. The molecule has 4 rings (SSSR count). The predicted octanol–water partition coefficient (Wildman–Crippen LogP) is 2.25. The van der Waals surface area contributed by atoms with Gasteiger partial charge in [-0.3, -0.25) is 9.59 Å². The molecular formula is C21H21ClN6O3. The molecule has 1 fully saturated rings. The van der Waals surface area contributed by atoms with Crippen molar-refractivity contribution < 1.29 is 14.3 Å². The topological polar surface area (TPSA) is 102 Å². The maximum atomic E-state index is 13.1. The van der Waals surface area contributed by atoms with Crippen LogP contribution >= 0.6 is 11.6 Å². The van der Waals surface area contributed by atoms with Gasteiger partial charge in [-0.1, -0.05) is 29.8 Å². The maximum Gasteiger partial charge on any atom is 0.258 e. The Morgan fingerprint density at radius 2 is 2.03 bits per heavy atom. The molecule has 9 nitrogen and oxygen atoms in total. The molecule has 0 aliphatic carbocycles. The number of likely N-dealkylation sites (tertiary alicyclic amines) is 1. The Bertz CT molecular complexity index is 1090. The summed E-state index contributed by atoms with van der Waals surface area (Å²) in [5.41, 5.74) is 1.13. The molecular weight excluding hydrogens is 420 g/mol. The number of carbonyl (C=O) groups is 2. The number of nitrogens with one attached hydrogen (secondary N) is 1. The number of para-hydroxylation sites is 1. The molecule has 1 atom stereocenters. The lowest BCUT2D eigenvalue weighted by Crippen LogP contribution is -2.46. The zero-order valence-electron chi connectivity index (χ0n) is 16.9. The third kappa shape index (κ3) is 4.36. The first-order chi connectivity index (χ1) is 15.1. The van der Waals surface area contributed by atoms with E-state index in [9.17, 15) is 9.59 Å². The molecule has 10 heteroatoms. The Morgan fingerprint density at radius 3 is 2.81 bits per heavy atom. The van der Waals surface area contributed by atoms with E-state index in [0.717, 1.165) is 12.1 Å². The second kappa shape index (κ2) is 9.13. The Kier molecular flexibility index (Phi) is 6.13. The average molecular weight is 441 g/mol. The standard InChI is InChI=1S/C21H21ClN6O3/c1-31-18-10-9-14(22)12-16(18)21(30)27-11-5-8-17(27)20(29)23-13-19-24-25-26-28(19)15-6-3-2-4-7-15/h2-4,6-7,9-10,12,17H,5,8,11,13H2,1H3,(H,23,29). The fourth-order valence-corrected chi connectivity index (χ4v) is 3.83. The van der Waals surface area contributed by atoms with Crippen LogP contribution in [-0.4, -0.2) is 56.6 Å². The lowest BCUT2D eigenvalue weighted by molar-refractivity contribution is -0.125. The van der Waals surface area contributed by atoms with Gasteiger partial charge in [0.2, 0.25) is 5.91 Å². The lowest BCUT2D eigenvalue weighted by atomic mass is 10.1. The SMILES string of the molecule is COc1ccc(Cl)cc1C(=O)N1CCCC1C(=O)NCc1nnnn1-c1ccccc1. The van der Waals surface area contributed by atoms with E-state index in [1.165, 1.54) is 7.11 Å². The summed E-state index contributed by atoms with van der Waals surface area (Å²) in [5.74, 6) is 0.370. The second-order valence-corrected chi connectivity index (χ2v) is 7.50. The van der Waals surface area contributed by atoms with E-state index in [2.05, 4.69) is 20.8 Å². The summed E-state index contributed by atoms with van der Waals surface area (Å²) in [4.78, 5) is 27.6. The van der Waals surface area contributed by atoms with E-state index >= 15 is 0 Å². The molecule has 1 aliphatic heterocycles. The number of hydrogen-bond donors (Lipinski definition) is 1. The van der Waals surface area contributed by atoms with Gasteiger partial charge in [0, 0.05) is 11.6 Å². The van der Waals surface area contributed by atoms with Gasteiger partial charge < -0.3 is 15.0 Å². The number of methoxy groups -OCH3 is 1. The molecule has 1 saturated heterocycles. The van der Waals surface area contributed by atoms with Crippen LogP contribution < -0.4 is 10.1 Å². The predicted molar refractivity (Wildman–Crippen MR) is 113 cm³/mol. The number of aromatic nitrogens is 4. The third-order valence-electron chi connectivity index (χ3n) is 5.16. The summed E-state index contributed by atoms with van der Waals surface area (Å²) in [7, 11) is 1.49. The van der Waals surface area contributed by atoms with Crippen LogP contribution in [0.25, 0.3) is 5.69 Å². The van der Waals surface area contributed by atoms with Gasteiger partial charge in [-0.05, 0) is 53.6 Å². The maximum absolute atomic E-state index is 13.1. The van der Waals surface area contributed by atoms with Gasteiger partial charge >= 0.3 is 0 Å². The van der Waals surface area contributed by atoms with Gasteiger partial charge in [0.15, 0.2) is 5.82 Å². The van der Waals surface area contributed by atoms with Crippen molar-refractivity contribution in [3.05, 3.63) is 64.9 Å². The number of ether oxygens (including phenoxy) is 1. The number of tetrazole rings is 1. The van der Waals surface area contributed by atoms with Crippen LogP contribution in [0.1, 0.15) is 29.0 Å². The first kappa shape index (κ1) is 20.8. The van der Waals surface area contributed by atoms with Crippen LogP contribution in [0.2, 0.25) is 5.02 Å². The van der Waals surface area contributed by atoms with Crippen molar-refractivity contribution in [3.8, 4) is 11.4 Å². The van der Waals surface area contributed by atoms with E-state index in [1.54, 1.807) is 27.8 Å². The fraction of sp³-hybridized carbons (Fsp3) is 0.286. The highest BCUT2D eigenvalue weighted by Crippen LogP contribution is 2.27.